The summed E-state index contributed by atoms with van der Waals surface area (Å²) in [6.07, 6.45) is 2.00. The molecular weight excluding hydrogens is 260 g/mol. The zero-order valence-corrected chi connectivity index (χ0v) is 10.1. The summed E-state index contributed by atoms with van der Waals surface area (Å²) in [5.74, 6) is -6.35. The zero-order valence-electron chi connectivity index (χ0n) is 9.30. The maximum atomic E-state index is 13.7. The average Bonchev–Trinajstić information content (AvgIpc) is 2.76. The Labute approximate surface area is 97.3 Å². The van der Waals surface area contributed by atoms with Crippen molar-refractivity contribution >= 4 is 9.84 Å². The van der Waals surface area contributed by atoms with Crippen LogP contribution in [0.4, 0.5) is 17.6 Å². The highest BCUT2D eigenvalue weighted by Crippen LogP contribution is 2.58. The molecule has 2 aliphatic rings. The van der Waals surface area contributed by atoms with Crippen LogP contribution in [0.2, 0.25) is 0 Å². The molecule has 3 unspecified atom stereocenters. The summed E-state index contributed by atoms with van der Waals surface area (Å²) >= 11 is 0. The van der Waals surface area contributed by atoms with Gasteiger partial charge in [-0.3, -0.25) is 0 Å². The fourth-order valence-corrected chi connectivity index (χ4v) is 3.80. The lowest BCUT2D eigenvalue weighted by Crippen LogP contribution is -2.52. The third-order valence-corrected chi connectivity index (χ3v) is 5.26. The maximum absolute atomic E-state index is 13.7. The molecule has 7 heteroatoms. The van der Waals surface area contributed by atoms with Crippen LogP contribution in [0.3, 0.4) is 0 Å². The molecule has 0 aromatic carbocycles. The fraction of sp³-hybridized carbons (Fsp3) is 1.00. The molecule has 0 amide bonds. The van der Waals surface area contributed by atoms with E-state index in [-0.39, 0.29) is 18.6 Å². The van der Waals surface area contributed by atoms with E-state index in [0.29, 0.717) is 12.8 Å². The molecular formula is C10H14F4O2S. The fourth-order valence-electron chi connectivity index (χ4n) is 3.15. The molecule has 2 bridgehead atoms. The second kappa shape index (κ2) is 3.59. The molecule has 0 aromatic heterocycles. The lowest BCUT2D eigenvalue weighted by Gasteiger charge is -2.34. The molecule has 17 heavy (non-hydrogen) atoms. The highest BCUT2D eigenvalue weighted by Gasteiger charge is 2.69. The van der Waals surface area contributed by atoms with Crippen molar-refractivity contribution in [2.24, 2.45) is 17.8 Å². The standard InChI is InChI=1S/C10H14F4O2S/c1-17(15,16)10(13,14)9(11,12)8-5-6-2-3-7(8)4-6/h6-8H,2-5H2,1H3. The van der Waals surface area contributed by atoms with Gasteiger partial charge in [-0.2, -0.15) is 17.6 Å². The Morgan fingerprint density at radius 2 is 1.65 bits per heavy atom. The van der Waals surface area contributed by atoms with Gasteiger partial charge >= 0.3 is 11.2 Å². The Balaban J connectivity index is 2.31. The minimum absolute atomic E-state index is 0.0166. The molecule has 2 rings (SSSR count). The third-order valence-electron chi connectivity index (χ3n) is 4.06. The van der Waals surface area contributed by atoms with E-state index in [0.717, 1.165) is 6.42 Å². The van der Waals surface area contributed by atoms with Gasteiger partial charge in [0.2, 0.25) is 9.84 Å². The largest absolute Gasteiger partial charge is 0.407 e. The van der Waals surface area contributed by atoms with Crippen molar-refractivity contribution in [3.63, 3.8) is 0 Å². The monoisotopic (exact) mass is 274 g/mol. The SMILES string of the molecule is CS(=O)(=O)C(F)(F)C(F)(F)C1CC2CCC1C2. The lowest BCUT2D eigenvalue weighted by atomic mass is 9.84. The van der Waals surface area contributed by atoms with E-state index in [1.807, 2.05) is 0 Å². The van der Waals surface area contributed by atoms with Crippen LogP contribution in [0, 0.1) is 17.8 Å². The first-order valence-corrected chi connectivity index (χ1v) is 7.41. The molecule has 0 radical (unpaired) electrons. The smallest absolute Gasteiger partial charge is 0.223 e. The number of rotatable bonds is 3. The summed E-state index contributed by atoms with van der Waals surface area (Å²) in [6, 6.07) is 0. The van der Waals surface area contributed by atoms with Crippen molar-refractivity contribution in [3.05, 3.63) is 0 Å². The molecule has 0 heterocycles. The molecule has 2 saturated carbocycles. The van der Waals surface area contributed by atoms with Crippen LogP contribution in [-0.2, 0) is 9.84 Å². The first kappa shape index (κ1) is 13.1. The van der Waals surface area contributed by atoms with E-state index in [1.165, 1.54) is 0 Å². The Morgan fingerprint density at radius 3 is 2.00 bits per heavy atom. The lowest BCUT2D eigenvalue weighted by molar-refractivity contribution is -0.199. The summed E-state index contributed by atoms with van der Waals surface area (Å²) in [7, 11) is -5.10. The van der Waals surface area contributed by atoms with Gasteiger partial charge in [-0.1, -0.05) is 6.42 Å². The molecule has 2 fully saturated rings. The van der Waals surface area contributed by atoms with Crippen LogP contribution in [-0.4, -0.2) is 25.9 Å². The van der Waals surface area contributed by atoms with Crippen LogP contribution in [0.15, 0.2) is 0 Å². The van der Waals surface area contributed by atoms with Crippen LogP contribution in [0.5, 0.6) is 0 Å². The molecule has 2 aliphatic carbocycles. The number of hydrogen-bond acceptors (Lipinski definition) is 2. The van der Waals surface area contributed by atoms with Gasteiger partial charge in [-0.15, -0.1) is 0 Å². The average molecular weight is 274 g/mol. The predicted molar refractivity (Wildman–Crippen MR) is 53.7 cm³/mol. The Kier molecular flexibility index (Phi) is 2.76. The third kappa shape index (κ3) is 1.77. The van der Waals surface area contributed by atoms with Gasteiger partial charge < -0.3 is 0 Å². The van der Waals surface area contributed by atoms with Gasteiger partial charge in [0.05, 0.1) is 0 Å². The summed E-state index contributed by atoms with van der Waals surface area (Å²) < 4.78 is 75.8. The normalized spacial score (nSPS) is 34.3. The van der Waals surface area contributed by atoms with Crippen LogP contribution < -0.4 is 0 Å². The number of sulfone groups is 1. The highest BCUT2D eigenvalue weighted by molar-refractivity contribution is 7.91. The van der Waals surface area contributed by atoms with Gasteiger partial charge in [0.1, 0.15) is 0 Å². The number of hydrogen-bond donors (Lipinski definition) is 0. The van der Waals surface area contributed by atoms with E-state index >= 15 is 0 Å². The van der Waals surface area contributed by atoms with E-state index in [9.17, 15) is 26.0 Å². The zero-order chi connectivity index (χ0) is 13.1. The van der Waals surface area contributed by atoms with E-state index < -0.39 is 32.9 Å². The first-order valence-electron chi connectivity index (χ1n) is 5.52. The molecule has 100 valence electrons. The van der Waals surface area contributed by atoms with Crippen molar-refractivity contribution in [2.75, 3.05) is 6.26 Å². The second-order valence-corrected chi connectivity index (χ2v) is 7.25. The maximum Gasteiger partial charge on any atom is 0.407 e. The molecule has 0 aliphatic heterocycles. The Hall–Kier alpha value is -0.330. The summed E-state index contributed by atoms with van der Waals surface area (Å²) in [5.41, 5.74) is 0. The van der Waals surface area contributed by atoms with Gasteiger partial charge in [-0.25, -0.2) is 8.42 Å². The highest BCUT2D eigenvalue weighted by atomic mass is 32.2. The molecule has 0 aromatic rings. The first-order chi connectivity index (χ1) is 7.57. The Bertz CT molecular complexity index is 418. The van der Waals surface area contributed by atoms with Crippen LogP contribution in [0.1, 0.15) is 25.7 Å². The van der Waals surface area contributed by atoms with Gasteiger partial charge in [0.25, 0.3) is 0 Å². The number of fused-ring (bicyclic) bond motifs is 2. The second-order valence-electron chi connectivity index (χ2n) is 5.19. The van der Waals surface area contributed by atoms with E-state index in [1.54, 1.807) is 0 Å². The quantitative estimate of drug-likeness (QED) is 0.741. The minimum Gasteiger partial charge on any atom is -0.223 e. The van der Waals surface area contributed by atoms with E-state index in [4.69, 9.17) is 0 Å². The minimum atomic E-state index is -5.10. The number of halogens is 4. The molecule has 2 nitrogen and oxygen atoms in total. The summed E-state index contributed by atoms with van der Waals surface area (Å²) in [6.45, 7) is 0. The van der Waals surface area contributed by atoms with Gasteiger partial charge in [-0.05, 0) is 31.1 Å². The van der Waals surface area contributed by atoms with Gasteiger partial charge in [0.15, 0.2) is 0 Å². The summed E-state index contributed by atoms with van der Waals surface area (Å²) in [4.78, 5) is 0. The van der Waals surface area contributed by atoms with Crippen molar-refractivity contribution in [2.45, 2.75) is 36.9 Å². The number of alkyl halides is 4. The topological polar surface area (TPSA) is 34.1 Å². The van der Waals surface area contributed by atoms with Crippen molar-refractivity contribution in [1.29, 1.82) is 0 Å². The molecule has 0 N–H and O–H groups in total. The molecule has 0 spiro atoms. The molecule has 3 atom stereocenters. The van der Waals surface area contributed by atoms with Crippen molar-refractivity contribution < 1.29 is 26.0 Å². The Morgan fingerprint density at radius 1 is 1.06 bits per heavy atom. The van der Waals surface area contributed by atoms with Crippen LogP contribution >= 0.6 is 0 Å². The van der Waals surface area contributed by atoms with Gasteiger partial charge in [0, 0.05) is 12.2 Å². The molecule has 0 saturated heterocycles. The van der Waals surface area contributed by atoms with Crippen molar-refractivity contribution in [1.82, 2.24) is 0 Å². The van der Waals surface area contributed by atoms with Crippen molar-refractivity contribution in [3.8, 4) is 0 Å². The summed E-state index contributed by atoms with van der Waals surface area (Å²) in [5, 5.41) is -4.96. The van der Waals surface area contributed by atoms with E-state index in [2.05, 4.69) is 0 Å². The predicted octanol–water partition coefficient (Wildman–Crippen LogP) is 2.70. The van der Waals surface area contributed by atoms with Crippen LogP contribution in [0.25, 0.3) is 0 Å².